The van der Waals surface area contributed by atoms with Gasteiger partial charge >= 0.3 is 11.9 Å². The molecule has 1 atom stereocenters. The number of hydrogen-bond acceptors (Lipinski definition) is 3. The summed E-state index contributed by atoms with van der Waals surface area (Å²) in [6, 6.07) is 0. The summed E-state index contributed by atoms with van der Waals surface area (Å²) in [6.45, 7) is 4.43. The van der Waals surface area contributed by atoms with Gasteiger partial charge in [0, 0.05) is 12.8 Å². The Kier molecular flexibility index (Phi) is 35.7. The van der Waals surface area contributed by atoms with Gasteiger partial charge in [-0.2, -0.15) is 0 Å². The highest BCUT2D eigenvalue weighted by Crippen LogP contribution is 2.19. The average molecular weight is 643 g/mol. The number of esters is 1. The minimum atomic E-state index is -0.716. The number of unbranched alkanes of at least 4 members (excludes halogenated alkanes) is 18. The van der Waals surface area contributed by atoms with E-state index in [9.17, 15) is 9.59 Å². The molecule has 0 bridgehead atoms. The standard InChI is InChI=1S/C42H74O4/c1-3-5-7-9-11-13-15-17-19-21-23-25-27-29-35-39-42(45)46-40(37-33-30-31-34-38-41(43)44)36-32-28-26-24-22-20-18-16-14-12-10-8-6-4-2/h5,7,11,13,17,19,23,25,40H,3-4,6,8-10,12,14-16,18,20-22,24,26-39H2,1-2H3,(H,43,44)/b7-5-,13-11-,19-17-,25-23-. The lowest BCUT2D eigenvalue weighted by molar-refractivity contribution is -0.150. The van der Waals surface area contributed by atoms with E-state index in [0.29, 0.717) is 6.42 Å². The van der Waals surface area contributed by atoms with Crippen molar-refractivity contribution in [3.05, 3.63) is 48.6 Å². The number of carboxylic acids is 1. The van der Waals surface area contributed by atoms with Crippen molar-refractivity contribution in [2.45, 2.75) is 206 Å². The second kappa shape index (κ2) is 37.4. The first kappa shape index (κ1) is 43.9. The monoisotopic (exact) mass is 643 g/mol. The van der Waals surface area contributed by atoms with Gasteiger partial charge in [0.25, 0.3) is 0 Å². The van der Waals surface area contributed by atoms with Crippen LogP contribution in [0.1, 0.15) is 200 Å². The van der Waals surface area contributed by atoms with Gasteiger partial charge in [0.2, 0.25) is 0 Å². The maximum atomic E-state index is 12.6. The van der Waals surface area contributed by atoms with Gasteiger partial charge < -0.3 is 9.84 Å². The summed E-state index contributed by atoms with van der Waals surface area (Å²) in [4.78, 5) is 23.4. The zero-order valence-electron chi connectivity index (χ0n) is 30.4. The van der Waals surface area contributed by atoms with Gasteiger partial charge in [-0.25, -0.2) is 0 Å². The number of aliphatic carboxylic acids is 1. The average Bonchev–Trinajstić information content (AvgIpc) is 3.04. The fraction of sp³-hybridized carbons (Fsp3) is 0.762. The third kappa shape index (κ3) is 36.4. The van der Waals surface area contributed by atoms with E-state index >= 15 is 0 Å². The molecule has 0 aromatic rings. The predicted octanol–water partition coefficient (Wildman–Crippen LogP) is 13.6. The van der Waals surface area contributed by atoms with Gasteiger partial charge in [0.1, 0.15) is 6.10 Å². The van der Waals surface area contributed by atoms with E-state index in [0.717, 1.165) is 89.9 Å². The third-order valence-electron chi connectivity index (χ3n) is 8.57. The van der Waals surface area contributed by atoms with Crippen molar-refractivity contribution < 1.29 is 19.4 Å². The van der Waals surface area contributed by atoms with Gasteiger partial charge in [0.15, 0.2) is 0 Å². The molecule has 0 saturated carbocycles. The van der Waals surface area contributed by atoms with Crippen LogP contribution >= 0.6 is 0 Å². The Morgan fingerprint density at radius 2 is 0.913 bits per heavy atom. The molecule has 0 aromatic carbocycles. The number of hydrogen-bond donors (Lipinski definition) is 1. The van der Waals surface area contributed by atoms with E-state index in [1.165, 1.54) is 83.5 Å². The van der Waals surface area contributed by atoms with Gasteiger partial charge in [-0.3, -0.25) is 9.59 Å². The summed E-state index contributed by atoms with van der Waals surface area (Å²) in [7, 11) is 0. The fourth-order valence-electron chi connectivity index (χ4n) is 5.70. The molecule has 0 aromatic heterocycles. The lowest BCUT2D eigenvalue weighted by atomic mass is 10.0. The summed E-state index contributed by atoms with van der Waals surface area (Å²) < 4.78 is 5.96. The first-order valence-electron chi connectivity index (χ1n) is 19.6. The van der Waals surface area contributed by atoms with E-state index in [1.54, 1.807) is 0 Å². The first-order valence-corrected chi connectivity index (χ1v) is 19.6. The molecular weight excluding hydrogens is 568 g/mol. The molecule has 4 heteroatoms. The molecule has 46 heavy (non-hydrogen) atoms. The Bertz CT molecular complexity index is 779. The van der Waals surface area contributed by atoms with Crippen molar-refractivity contribution in [1.29, 1.82) is 0 Å². The molecule has 0 rings (SSSR count). The second-order valence-electron chi connectivity index (χ2n) is 13.1. The minimum Gasteiger partial charge on any atom is -0.481 e. The zero-order valence-corrected chi connectivity index (χ0v) is 30.4. The molecule has 1 unspecified atom stereocenters. The van der Waals surface area contributed by atoms with Crippen LogP contribution in [-0.2, 0) is 14.3 Å². The summed E-state index contributed by atoms with van der Waals surface area (Å²) in [6.07, 6.45) is 49.8. The Balaban J connectivity index is 4.09. The molecule has 0 aliphatic heterocycles. The van der Waals surface area contributed by atoms with Crippen LogP contribution in [-0.4, -0.2) is 23.1 Å². The van der Waals surface area contributed by atoms with E-state index in [2.05, 4.69) is 62.5 Å². The molecule has 0 saturated heterocycles. The van der Waals surface area contributed by atoms with Crippen molar-refractivity contribution in [2.75, 3.05) is 0 Å². The van der Waals surface area contributed by atoms with Gasteiger partial charge in [-0.05, 0) is 77.0 Å². The predicted molar refractivity (Wildman–Crippen MR) is 199 cm³/mol. The van der Waals surface area contributed by atoms with Crippen molar-refractivity contribution in [3.8, 4) is 0 Å². The maximum Gasteiger partial charge on any atom is 0.306 e. The van der Waals surface area contributed by atoms with Gasteiger partial charge in [0.05, 0.1) is 0 Å². The summed E-state index contributed by atoms with van der Waals surface area (Å²) >= 11 is 0. The number of allylic oxidation sites excluding steroid dienone is 8. The summed E-state index contributed by atoms with van der Waals surface area (Å²) in [5, 5.41) is 8.85. The molecule has 1 N–H and O–H groups in total. The Morgan fingerprint density at radius 1 is 0.500 bits per heavy atom. The van der Waals surface area contributed by atoms with Crippen molar-refractivity contribution in [1.82, 2.24) is 0 Å². The quantitative estimate of drug-likeness (QED) is 0.0424. The summed E-state index contributed by atoms with van der Waals surface area (Å²) in [5.74, 6) is -0.766. The molecule has 0 spiro atoms. The Hall–Kier alpha value is -2.10. The molecule has 0 heterocycles. The topological polar surface area (TPSA) is 63.6 Å². The Morgan fingerprint density at radius 3 is 1.39 bits per heavy atom. The SMILES string of the molecule is CC/C=C\C/C=C\C/C=C\C/C=C\CCCCC(=O)OC(CCCCCCCCCCCCCCCC)CCCCCCC(=O)O. The molecule has 0 aliphatic rings. The van der Waals surface area contributed by atoms with Crippen LogP contribution < -0.4 is 0 Å². The van der Waals surface area contributed by atoms with Crippen LogP contribution in [0.4, 0.5) is 0 Å². The van der Waals surface area contributed by atoms with Gasteiger partial charge in [-0.1, -0.05) is 159 Å². The van der Waals surface area contributed by atoms with E-state index in [1.807, 2.05) is 0 Å². The Labute approximate surface area is 285 Å². The van der Waals surface area contributed by atoms with Crippen LogP contribution in [0.15, 0.2) is 48.6 Å². The van der Waals surface area contributed by atoms with Crippen LogP contribution in [0.25, 0.3) is 0 Å². The molecule has 266 valence electrons. The molecular formula is C42H74O4. The number of rotatable bonds is 35. The van der Waals surface area contributed by atoms with Crippen LogP contribution in [0.5, 0.6) is 0 Å². The summed E-state index contributed by atoms with van der Waals surface area (Å²) in [5.41, 5.74) is 0. The molecule has 0 aliphatic carbocycles. The van der Waals surface area contributed by atoms with Crippen LogP contribution in [0, 0.1) is 0 Å². The first-order chi connectivity index (χ1) is 22.6. The number of ether oxygens (including phenoxy) is 1. The van der Waals surface area contributed by atoms with Crippen molar-refractivity contribution in [3.63, 3.8) is 0 Å². The second-order valence-corrected chi connectivity index (χ2v) is 13.1. The number of carbonyl (C=O) groups excluding carboxylic acids is 1. The van der Waals surface area contributed by atoms with Crippen molar-refractivity contribution in [2.24, 2.45) is 0 Å². The van der Waals surface area contributed by atoms with E-state index in [-0.39, 0.29) is 18.5 Å². The highest BCUT2D eigenvalue weighted by molar-refractivity contribution is 5.69. The maximum absolute atomic E-state index is 12.6. The number of carboxylic acid groups (broad SMARTS) is 1. The van der Waals surface area contributed by atoms with Crippen LogP contribution in [0.2, 0.25) is 0 Å². The van der Waals surface area contributed by atoms with Crippen molar-refractivity contribution >= 4 is 11.9 Å². The zero-order chi connectivity index (χ0) is 33.6. The third-order valence-corrected chi connectivity index (χ3v) is 8.57. The van der Waals surface area contributed by atoms with Crippen LogP contribution in [0.3, 0.4) is 0 Å². The number of carbonyl (C=O) groups is 2. The smallest absolute Gasteiger partial charge is 0.306 e. The molecule has 4 nitrogen and oxygen atoms in total. The van der Waals surface area contributed by atoms with E-state index in [4.69, 9.17) is 9.84 Å². The minimum absolute atomic E-state index is 0.0126. The largest absolute Gasteiger partial charge is 0.481 e. The molecule has 0 amide bonds. The lowest BCUT2D eigenvalue weighted by Crippen LogP contribution is -2.18. The highest BCUT2D eigenvalue weighted by Gasteiger charge is 2.14. The molecule has 0 radical (unpaired) electrons. The fourth-order valence-corrected chi connectivity index (χ4v) is 5.70. The van der Waals surface area contributed by atoms with Gasteiger partial charge in [-0.15, -0.1) is 0 Å². The normalized spacial score (nSPS) is 12.7. The van der Waals surface area contributed by atoms with E-state index < -0.39 is 5.97 Å². The highest BCUT2D eigenvalue weighted by atomic mass is 16.5. The lowest BCUT2D eigenvalue weighted by Gasteiger charge is -2.18. The molecule has 0 fully saturated rings.